The van der Waals surface area contributed by atoms with Crippen molar-refractivity contribution in [1.29, 1.82) is 0 Å². The quantitative estimate of drug-likeness (QED) is 0.0252. The summed E-state index contributed by atoms with van der Waals surface area (Å²) in [6.07, 6.45) is 0. The van der Waals surface area contributed by atoms with Gasteiger partial charge in [0.05, 0.1) is 78.0 Å². The van der Waals surface area contributed by atoms with Gasteiger partial charge >= 0.3 is 0 Å². The number of nitrogens with zero attached hydrogens (tertiary/aromatic N) is 7. The maximum Gasteiger partial charge on any atom is 0.198 e. The first-order chi connectivity index (χ1) is 34.7. The fourth-order valence-electron chi connectivity index (χ4n) is 9.29. The predicted octanol–water partition coefficient (Wildman–Crippen LogP) is 11.0. The fraction of sp³-hybridized carbons (Fsp3) is 0.333. The molecule has 0 amide bonds. The molecular formula is C48H50F8N16. The zero-order chi connectivity index (χ0) is 51.4. The van der Waals surface area contributed by atoms with Gasteiger partial charge in [-0.15, -0.1) is 0 Å². The molecule has 7 aromatic rings. The zero-order valence-corrected chi connectivity index (χ0v) is 40.4. The van der Waals surface area contributed by atoms with Crippen molar-refractivity contribution in [3.63, 3.8) is 0 Å². The molecule has 9 N–H and O–H groups in total. The topological polar surface area (TPSA) is 194 Å². The SMILES string of the molecule is CCNc1cc2c(c(NCC)c1NCC)-c1nc-2nc2[nH]c(nc3nc(nc4c5c(NCC)c(NCC)c(NCC)c(NCC)c5c(n1)n4NCC)-c1c(F)c(F)c(F)c(F)c1-3)c1c(F)c(F)c(F)c(F)c21. The van der Waals surface area contributed by atoms with E-state index in [4.69, 9.17) is 15.0 Å². The summed E-state index contributed by atoms with van der Waals surface area (Å²) in [6, 6.07) is 1.73. The number of benzene rings is 4. The minimum Gasteiger partial charge on any atom is -0.384 e. The summed E-state index contributed by atoms with van der Waals surface area (Å²) in [4.78, 5) is 31.0. The Morgan fingerprint density at radius 2 is 0.764 bits per heavy atom. The average Bonchev–Trinajstić information content (AvgIpc) is 4.09. The van der Waals surface area contributed by atoms with Gasteiger partial charge in [0.2, 0.25) is 0 Å². The molecule has 2 aliphatic heterocycles. The van der Waals surface area contributed by atoms with Crippen LogP contribution in [0.5, 0.6) is 0 Å². The van der Waals surface area contributed by atoms with Gasteiger partial charge in [-0.3, -0.25) is 0 Å². The van der Waals surface area contributed by atoms with Gasteiger partial charge in [-0.25, -0.2) is 69.7 Å². The molecule has 9 rings (SSSR count). The molecule has 378 valence electrons. The van der Waals surface area contributed by atoms with Gasteiger partial charge in [-0.1, -0.05) is 0 Å². The maximum absolute atomic E-state index is 16.5. The van der Waals surface area contributed by atoms with Gasteiger partial charge in [0.25, 0.3) is 0 Å². The van der Waals surface area contributed by atoms with E-state index in [9.17, 15) is 0 Å². The van der Waals surface area contributed by atoms with Crippen LogP contribution < -0.4 is 42.6 Å². The molecule has 0 atom stereocenters. The number of hydrogen-bond acceptors (Lipinski definition) is 14. The first kappa shape index (κ1) is 49.1. The Kier molecular flexibility index (Phi) is 13.2. The van der Waals surface area contributed by atoms with Crippen LogP contribution in [0.25, 0.3) is 89.7 Å². The second-order valence-corrected chi connectivity index (χ2v) is 16.4. The molecule has 2 aliphatic rings. The van der Waals surface area contributed by atoms with Crippen LogP contribution in [0.15, 0.2) is 6.07 Å². The van der Waals surface area contributed by atoms with Crippen molar-refractivity contribution in [2.24, 2.45) is 0 Å². The Morgan fingerprint density at radius 3 is 1.24 bits per heavy atom. The smallest absolute Gasteiger partial charge is 0.198 e. The Morgan fingerprint density at radius 1 is 0.375 bits per heavy atom. The van der Waals surface area contributed by atoms with E-state index in [0.29, 0.717) is 108 Å². The summed E-state index contributed by atoms with van der Waals surface area (Å²) in [7, 11) is 0. The van der Waals surface area contributed by atoms with Crippen LogP contribution in [0.2, 0.25) is 0 Å². The van der Waals surface area contributed by atoms with Gasteiger partial charge in [0, 0.05) is 57.9 Å². The van der Waals surface area contributed by atoms with Crippen LogP contribution in [-0.4, -0.2) is 91.9 Å². The van der Waals surface area contributed by atoms with Crippen molar-refractivity contribution in [2.45, 2.75) is 55.4 Å². The largest absolute Gasteiger partial charge is 0.384 e. The summed E-state index contributed by atoms with van der Waals surface area (Å²) < 4.78 is 128. The van der Waals surface area contributed by atoms with Crippen LogP contribution in [0.1, 0.15) is 55.4 Å². The number of hydrogen-bond donors (Lipinski definition) is 9. The molecule has 0 saturated carbocycles. The van der Waals surface area contributed by atoms with E-state index in [1.807, 2.05) is 48.5 Å². The lowest BCUT2D eigenvalue weighted by atomic mass is 10.0. The highest BCUT2D eigenvalue weighted by Crippen LogP contribution is 2.52. The predicted molar refractivity (Wildman–Crippen MR) is 268 cm³/mol. The molecule has 4 aromatic carbocycles. The lowest BCUT2D eigenvalue weighted by molar-refractivity contribution is 0.412. The third-order valence-electron chi connectivity index (χ3n) is 11.9. The number of fused-ring (bicyclic) bond motifs is 20. The summed E-state index contributed by atoms with van der Waals surface area (Å²) in [6.45, 7) is 18.2. The van der Waals surface area contributed by atoms with E-state index in [1.165, 1.54) is 4.68 Å². The number of nitrogens with one attached hydrogen (secondary N) is 9. The number of halogens is 8. The summed E-state index contributed by atoms with van der Waals surface area (Å²) >= 11 is 0. The van der Waals surface area contributed by atoms with Gasteiger partial charge < -0.3 is 47.6 Å². The van der Waals surface area contributed by atoms with Crippen molar-refractivity contribution < 1.29 is 35.1 Å². The molecule has 3 aromatic heterocycles. The molecule has 5 heterocycles. The first-order valence-electron chi connectivity index (χ1n) is 23.7. The molecule has 8 bridgehead atoms. The molecule has 0 radical (unpaired) electrons. The standard InChI is InChI=1S/C48H50F8N16/c1-9-57-19-17-18-20(36(59-11-3)35(19)58-10-2)42-65-41(18)66-43-21-22(28(50)32(54)31(53)27(21)49)44(67-43)68-45-23-24(30(52)34(56)33(55)29(23)51)46(69-45)71-48-26-25(47(70-42)72(48)64-16-8)37(60-12-4)39(62-14-6)40(63-15-7)38(26)61-13-5/h17,57-64H,9-16H2,1-8H3,(H,65,66,67,68,69,70,71). The van der Waals surface area contributed by atoms with E-state index in [2.05, 4.69) is 62.6 Å². The van der Waals surface area contributed by atoms with Crippen molar-refractivity contribution in [3.05, 3.63) is 52.6 Å². The second-order valence-electron chi connectivity index (χ2n) is 16.4. The molecule has 0 unspecified atom stereocenters. The summed E-state index contributed by atoms with van der Waals surface area (Å²) in [5.74, 6) is -18.4. The number of aromatic nitrogens is 8. The minimum absolute atomic E-state index is 0.0155. The number of aromatic amines is 1. The van der Waals surface area contributed by atoms with E-state index >= 15 is 35.1 Å². The highest BCUT2D eigenvalue weighted by molar-refractivity contribution is 6.25. The maximum atomic E-state index is 16.5. The van der Waals surface area contributed by atoms with Crippen molar-refractivity contribution >= 4 is 83.9 Å². The summed E-state index contributed by atoms with van der Waals surface area (Å²) in [5, 5.41) is 22.9. The van der Waals surface area contributed by atoms with Gasteiger partial charge in [-0.05, 0) is 61.5 Å². The zero-order valence-electron chi connectivity index (χ0n) is 40.4. The Labute approximate surface area is 406 Å². The molecule has 0 fully saturated rings. The number of anilines is 7. The van der Waals surface area contributed by atoms with E-state index < -0.39 is 91.4 Å². The van der Waals surface area contributed by atoms with Crippen LogP contribution in [0.4, 0.5) is 74.9 Å². The molecule has 16 nitrogen and oxygen atoms in total. The molecular weight excluding hydrogens is 953 g/mol. The molecule has 0 saturated heterocycles. The normalized spacial score (nSPS) is 11.8. The van der Waals surface area contributed by atoms with Crippen LogP contribution in [-0.2, 0) is 0 Å². The lowest BCUT2D eigenvalue weighted by Gasteiger charge is -2.23. The lowest BCUT2D eigenvalue weighted by Crippen LogP contribution is -2.15. The van der Waals surface area contributed by atoms with Crippen molar-refractivity contribution in [2.75, 3.05) is 95.0 Å². The monoisotopic (exact) mass is 1000 g/mol. The summed E-state index contributed by atoms with van der Waals surface area (Å²) in [5.41, 5.74) is 4.45. The van der Waals surface area contributed by atoms with Crippen molar-refractivity contribution in [3.8, 4) is 45.6 Å². The molecule has 0 spiro atoms. The third kappa shape index (κ3) is 7.47. The van der Waals surface area contributed by atoms with Gasteiger partial charge in [-0.2, -0.15) is 0 Å². The Bertz CT molecular complexity index is 3540. The molecule has 0 aliphatic carbocycles. The first-order valence-corrected chi connectivity index (χ1v) is 23.7. The van der Waals surface area contributed by atoms with Gasteiger partial charge in [0.15, 0.2) is 81.1 Å². The number of rotatable bonds is 16. The Balaban J connectivity index is 1.67. The minimum atomic E-state index is -2.24. The molecule has 24 heteroatoms. The van der Waals surface area contributed by atoms with Crippen LogP contribution >= 0.6 is 0 Å². The van der Waals surface area contributed by atoms with E-state index in [0.717, 1.165) is 0 Å². The molecule has 72 heavy (non-hydrogen) atoms. The number of H-pyrrole nitrogens is 1. The van der Waals surface area contributed by atoms with E-state index in [-0.39, 0.29) is 29.5 Å². The Hall–Kier alpha value is -7.92. The van der Waals surface area contributed by atoms with E-state index in [1.54, 1.807) is 13.0 Å². The van der Waals surface area contributed by atoms with Crippen molar-refractivity contribution in [1.82, 2.24) is 39.6 Å². The fourth-order valence-corrected chi connectivity index (χ4v) is 9.29. The average molecular weight is 1000 g/mol. The second kappa shape index (κ2) is 19.4. The van der Waals surface area contributed by atoms with Gasteiger partial charge in [0.1, 0.15) is 11.3 Å². The highest BCUT2D eigenvalue weighted by Gasteiger charge is 2.36. The third-order valence-corrected chi connectivity index (χ3v) is 11.9. The van der Waals surface area contributed by atoms with Crippen LogP contribution in [0.3, 0.4) is 0 Å². The highest BCUT2D eigenvalue weighted by atomic mass is 19.2. The van der Waals surface area contributed by atoms with Crippen LogP contribution in [0, 0.1) is 46.5 Å².